The molecule has 0 aliphatic heterocycles. The van der Waals surface area contributed by atoms with E-state index in [-0.39, 0.29) is 5.75 Å². The lowest BCUT2D eigenvalue weighted by Gasteiger charge is -2.26. The van der Waals surface area contributed by atoms with Crippen LogP contribution in [0.3, 0.4) is 0 Å². The summed E-state index contributed by atoms with van der Waals surface area (Å²) in [6.07, 6.45) is 2.50. The smallest absolute Gasteiger partial charge is 0.387 e. The minimum absolute atomic E-state index is 0.0307. The van der Waals surface area contributed by atoms with E-state index in [4.69, 9.17) is 0 Å². The number of rotatable bonds is 4. The number of alkyl halides is 2. The number of halogens is 2. The number of para-hydroxylation sites is 1. The number of hydrogen-bond donors (Lipinski definition) is 1. The molecular weight excluding hydrogens is 242 g/mol. The zero-order chi connectivity index (χ0) is 13.2. The van der Waals surface area contributed by atoms with Crippen molar-refractivity contribution in [2.24, 2.45) is 0 Å². The number of hydrogen-bond acceptors (Lipinski definition) is 2. The highest BCUT2D eigenvalue weighted by Crippen LogP contribution is 2.45. The zero-order valence-electron chi connectivity index (χ0n) is 9.73. The maximum absolute atomic E-state index is 12.3. The van der Waals surface area contributed by atoms with E-state index in [9.17, 15) is 18.7 Å². The Bertz CT molecular complexity index is 440. The molecule has 3 nitrogen and oxygen atoms in total. The molecule has 0 atom stereocenters. The first-order chi connectivity index (χ1) is 8.56. The summed E-state index contributed by atoms with van der Waals surface area (Å²) < 4.78 is 29.1. The van der Waals surface area contributed by atoms with Gasteiger partial charge in [-0.1, -0.05) is 31.0 Å². The van der Waals surface area contributed by atoms with E-state index in [1.165, 1.54) is 6.07 Å². The van der Waals surface area contributed by atoms with E-state index in [1.807, 2.05) is 0 Å². The van der Waals surface area contributed by atoms with Crippen molar-refractivity contribution in [1.29, 1.82) is 0 Å². The fourth-order valence-electron chi connectivity index (χ4n) is 2.64. The summed E-state index contributed by atoms with van der Waals surface area (Å²) in [5.41, 5.74) is -0.721. The highest BCUT2D eigenvalue weighted by atomic mass is 19.3. The van der Waals surface area contributed by atoms with E-state index in [0.29, 0.717) is 18.4 Å². The Morgan fingerprint density at radius 2 is 1.89 bits per heavy atom. The van der Waals surface area contributed by atoms with Gasteiger partial charge in [-0.2, -0.15) is 8.78 Å². The minimum Gasteiger partial charge on any atom is -0.481 e. The third-order valence-corrected chi connectivity index (χ3v) is 3.49. The topological polar surface area (TPSA) is 46.5 Å². The van der Waals surface area contributed by atoms with Gasteiger partial charge in [0, 0.05) is 5.56 Å². The van der Waals surface area contributed by atoms with Crippen LogP contribution in [-0.4, -0.2) is 17.7 Å². The van der Waals surface area contributed by atoms with Gasteiger partial charge in [-0.15, -0.1) is 0 Å². The molecule has 0 unspecified atom stereocenters. The molecule has 1 aromatic rings. The van der Waals surface area contributed by atoms with Gasteiger partial charge in [0.1, 0.15) is 5.75 Å². The maximum atomic E-state index is 12.3. The maximum Gasteiger partial charge on any atom is 0.387 e. The highest BCUT2D eigenvalue weighted by molar-refractivity contribution is 5.83. The van der Waals surface area contributed by atoms with Crippen LogP contribution in [0.2, 0.25) is 0 Å². The van der Waals surface area contributed by atoms with Crippen molar-refractivity contribution in [3.05, 3.63) is 29.8 Å². The molecule has 2 rings (SSSR count). The molecule has 0 spiro atoms. The minimum atomic E-state index is -2.95. The Kier molecular flexibility index (Phi) is 3.50. The lowest BCUT2D eigenvalue weighted by atomic mass is 9.78. The molecule has 1 N–H and O–H groups in total. The van der Waals surface area contributed by atoms with Gasteiger partial charge in [-0.25, -0.2) is 0 Å². The van der Waals surface area contributed by atoms with Gasteiger partial charge >= 0.3 is 12.6 Å². The van der Waals surface area contributed by atoms with Gasteiger partial charge in [0.15, 0.2) is 0 Å². The normalized spacial score (nSPS) is 17.9. The quantitative estimate of drug-likeness (QED) is 0.899. The summed E-state index contributed by atoms with van der Waals surface area (Å²) in [7, 11) is 0. The van der Waals surface area contributed by atoms with E-state index in [0.717, 1.165) is 12.8 Å². The largest absolute Gasteiger partial charge is 0.481 e. The van der Waals surface area contributed by atoms with Gasteiger partial charge in [0.25, 0.3) is 0 Å². The monoisotopic (exact) mass is 256 g/mol. The van der Waals surface area contributed by atoms with Crippen molar-refractivity contribution in [3.8, 4) is 5.75 Å². The van der Waals surface area contributed by atoms with Gasteiger partial charge < -0.3 is 9.84 Å². The molecule has 0 amide bonds. The van der Waals surface area contributed by atoms with Crippen LogP contribution in [0.1, 0.15) is 31.2 Å². The second-order valence-corrected chi connectivity index (χ2v) is 4.47. The Balaban J connectivity index is 2.45. The first-order valence-corrected chi connectivity index (χ1v) is 5.84. The van der Waals surface area contributed by atoms with E-state index >= 15 is 0 Å². The van der Waals surface area contributed by atoms with Crippen LogP contribution < -0.4 is 4.74 Å². The van der Waals surface area contributed by atoms with Crippen LogP contribution in [-0.2, 0) is 10.2 Å². The summed E-state index contributed by atoms with van der Waals surface area (Å²) in [5.74, 6) is -0.998. The van der Waals surface area contributed by atoms with Crippen LogP contribution in [0.15, 0.2) is 24.3 Å². The first kappa shape index (κ1) is 12.8. The van der Waals surface area contributed by atoms with Crippen molar-refractivity contribution in [1.82, 2.24) is 0 Å². The van der Waals surface area contributed by atoms with Gasteiger partial charge in [-0.3, -0.25) is 4.79 Å². The number of benzene rings is 1. The average molecular weight is 256 g/mol. The van der Waals surface area contributed by atoms with Gasteiger partial charge in [0.05, 0.1) is 5.41 Å². The first-order valence-electron chi connectivity index (χ1n) is 5.84. The molecule has 0 heterocycles. The fraction of sp³-hybridized carbons (Fsp3) is 0.462. The third kappa shape index (κ3) is 2.17. The zero-order valence-corrected chi connectivity index (χ0v) is 9.73. The molecule has 0 bridgehead atoms. The van der Waals surface area contributed by atoms with Crippen molar-refractivity contribution in [2.75, 3.05) is 0 Å². The van der Waals surface area contributed by atoms with E-state index in [1.54, 1.807) is 18.2 Å². The Labute approximate surface area is 103 Å². The predicted molar refractivity (Wildman–Crippen MR) is 60.9 cm³/mol. The van der Waals surface area contributed by atoms with Crippen LogP contribution in [0.4, 0.5) is 8.78 Å². The molecule has 1 fully saturated rings. The fourth-order valence-corrected chi connectivity index (χ4v) is 2.64. The van der Waals surface area contributed by atoms with Crippen molar-refractivity contribution in [2.45, 2.75) is 37.7 Å². The van der Waals surface area contributed by atoms with E-state index in [2.05, 4.69) is 4.74 Å². The van der Waals surface area contributed by atoms with Gasteiger partial charge in [0.2, 0.25) is 0 Å². The standard InChI is InChI=1S/C13H14F2O3/c14-12(15)18-10-6-2-1-5-9(10)13(11(16)17)7-3-4-8-13/h1-2,5-6,12H,3-4,7-8H2,(H,16,17). The second-order valence-electron chi connectivity index (χ2n) is 4.47. The Morgan fingerprint density at radius 1 is 1.28 bits per heavy atom. The van der Waals surface area contributed by atoms with Crippen molar-refractivity contribution >= 4 is 5.97 Å². The number of carboxylic acid groups (broad SMARTS) is 1. The summed E-state index contributed by atoms with van der Waals surface area (Å²) in [4.78, 5) is 11.5. The van der Waals surface area contributed by atoms with Crippen molar-refractivity contribution in [3.63, 3.8) is 0 Å². The number of carboxylic acids is 1. The number of ether oxygens (including phenoxy) is 1. The molecule has 0 radical (unpaired) electrons. The lowest BCUT2D eigenvalue weighted by molar-refractivity contribution is -0.144. The van der Waals surface area contributed by atoms with Crippen LogP contribution in [0.25, 0.3) is 0 Å². The van der Waals surface area contributed by atoms with Crippen molar-refractivity contribution < 1.29 is 23.4 Å². The molecule has 5 heteroatoms. The third-order valence-electron chi connectivity index (χ3n) is 3.49. The Morgan fingerprint density at radius 3 is 2.44 bits per heavy atom. The van der Waals surface area contributed by atoms with Gasteiger partial charge in [-0.05, 0) is 18.9 Å². The summed E-state index contributed by atoms with van der Waals surface area (Å²) >= 11 is 0. The number of carbonyl (C=O) groups is 1. The second kappa shape index (κ2) is 4.92. The van der Waals surface area contributed by atoms with E-state index < -0.39 is 18.0 Å². The average Bonchev–Trinajstić information content (AvgIpc) is 2.79. The molecule has 98 valence electrons. The molecule has 0 aromatic heterocycles. The summed E-state index contributed by atoms with van der Waals surface area (Å²) in [6, 6.07) is 6.17. The molecule has 1 aliphatic carbocycles. The van der Waals surface area contributed by atoms with Crippen LogP contribution >= 0.6 is 0 Å². The molecule has 1 saturated carbocycles. The lowest BCUT2D eigenvalue weighted by Crippen LogP contribution is -2.33. The van der Waals surface area contributed by atoms with Crippen LogP contribution in [0, 0.1) is 0 Å². The SMILES string of the molecule is O=C(O)C1(c2ccccc2OC(F)F)CCCC1. The summed E-state index contributed by atoms with van der Waals surface area (Å²) in [6.45, 7) is -2.95. The number of aliphatic carboxylic acids is 1. The molecular formula is C13H14F2O3. The molecule has 1 aliphatic rings. The predicted octanol–water partition coefficient (Wildman–Crippen LogP) is 3.18. The molecule has 0 saturated heterocycles. The highest BCUT2D eigenvalue weighted by Gasteiger charge is 2.44. The van der Waals surface area contributed by atoms with Crippen LogP contribution in [0.5, 0.6) is 5.75 Å². The molecule has 1 aromatic carbocycles. The Hall–Kier alpha value is -1.65. The summed E-state index contributed by atoms with van der Waals surface area (Å²) in [5, 5.41) is 9.43. The molecule has 18 heavy (non-hydrogen) atoms.